The van der Waals surface area contributed by atoms with Crippen LogP contribution < -0.4 is 15.5 Å². The van der Waals surface area contributed by atoms with Gasteiger partial charge >= 0.3 is 0 Å². The summed E-state index contributed by atoms with van der Waals surface area (Å²) < 4.78 is 1.57. The predicted octanol–water partition coefficient (Wildman–Crippen LogP) is 2.43. The fraction of sp³-hybridized carbons (Fsp3) is 0.222. The molecule has 3 aromatic rings. The first-order chi connectivity index (χ1) is 12.5. The Hall–Kier alpha value is -3.42. The summed E-state index contributed by atoms with van der Waals surface area (Å²) in [5, 5.41) is 10.1. The van der Waals surface area contributed by atoms with E-state index in [1.165, 1.54) is 0 Å². The molecule has 8 heteroatoms. The molecule has 0 aliphatic heterocycles. The van der Waals surface area contributed by atoms with E-state index in [9.17, 15) is 4.79 Å². The summed E-state index contributed by atoms with van der Waals surface area (Å²) in [5.41, 5.74) is 1.60. The highest BCUT2D eigenvalue weighted by Crippen LogP contribution is 2.20. The van der Waals surface area contributed by atoms with Crippen LogP contribution in [0.1, 0.15) is 5.82 Å². The van der Waals surface area contributed by atoms with Crippen LogP contribution in [0.3, 0.4) is 0 Å². The van der Waals surface area contributed by atoms with Crippen molar-refractivity contribution >= 4 is 28.9 Å². The molecule has 1 aromatic carbocycles. The first-order valence-corrected chi connectivity index (χ1v) is 8.17. The molecule has 0 saturated heterocycles. The molecule has 0 fully saturated rings. The third-order valence-electron chi connectivity index (χ3n) is 3.59. The van der Waals surface area contributed by atoms with Gasteiger partial charge in [0.2, 0.25) is 5.91 Å². The highest BCUT2D eigenvalue weighted by Gasteiger charge is 2.06. The van der Waals surface area contributed by atoms with Gasteiger partial charge in [-0.15, -0.1) is 0 Å². The fourth-order valence-corrected chi connectivity index (χ4v) is 2.37. The number of amides is 1. The van der Waals surface area contributed by atoms with Crippen LogP contribution in [0.4, 0.5) is 23.0 Å². The zero-order valence-electron chi connectivity index (χ0n) is 15.0. The number of carbonyl (C=O) groups excluding carboxylic acids is 1. The first-order valence-electron chi connectivity index (χ1n) is 8.17. The summed E-state index contributed by atoms with van der Waals surface area (Å²) in [5.74, 6) is 2.12. The molecular weight excluding hydrogens is 330 g/mol. The van der Waals surface area contributed by atoms with Crippen LogP contribution >= 0.6 is 0 Å². The molecule has 8 nitrogen and oxygen atoms in total. The maximum Gasteiger partial charge on any atom is 0.246 e. The maximum atomic E-state index is 12.0. The summed E-state index contributed by atoms with van der Waals surface area (Å²) in [4.78, 5) is 22.7. The summed E-state index contributed by atoms with van der Waals surface area (Å²) in [6.45, 7) is 2.04. The fourth-order valence-electron chi connectivity index (χ4n) is 2.37. The number of anilines is 4. The van der Waals surface area contributed by atoms with Gasteiger partial charge in [0.25, 0.3) is 0 Å². The van der Waals surface area contributed by atoms with Gasteiger partial charge < -0.3 is 15.5 Å². The number of benzene rings is 1. The highest BCUT2D eigenvalue weighted by atomic mass is 16.2. The molecule has 0 aliphatic rings. The molecule has 1 amide bonds. The van der Waals surface area contributed by atoms with Gasteiger partial charge in [-0.25, -0.2) is 9.97 Å². The van der Waals surface area contributed by atoms with Crippen molar-refractivity contribution in [1.29, 1.82) is 0 Å². The number of hydrogen-bond acceptors (Lipinski definition) is 6. The minimum atomic E-state index is -0.128. The molecule has 26 heavy (non-hydrogen) atoms. The van der Waals surface area contributed by atoms with Gasteiger partial charge in [-0.05, 0) is 37.3 Å². The van der Waals surface area contributed by atoms with Gasteiger partial charge in [0, 0.05) is 43.9 Å². The topological polar surface area (TPSA) is 88.0 Å². The van der Waals surface area contributed by atoms with Gasteiger partial charge in [-0.3, -0.25) is 9.48 Å². The molecule has 0 bridgehead atoms. The smallest absolute Gasteiger partial charge is 0.246 e. The molecule has 0 radical (unpaired) electrons. The Kier molecular flexibility index (Phi) is 5.12. The quantitative estimate of drug-likeness (QED) is 0.709. The highest BCUT2D eigenvalue weighted by molar-refractivity contribution is 5.90. The standard InChI is InChI=1S/C18H21N7O/c1-13-20-16(11-17(21-13)24(2)3)22-14-5-7-15(8-6-14)23-18(26)12-25-10-4-9-19-25/h4-11H,12H2,1-3H3,(H,23,26)(H,20,21,22). The van der Waals surface area contributed by atoms with Crippen LogP contribution in [0.5, 0.6) is 0 Å². The lowest BCUT2D eigenvalue weighted by molar-refractivity contribution is -0.116. The van der Waals surface area contributed by atoms with Gasteiger partial charge in [-0.2, -0.15) is 5.10 Å². The third kappa shape index (κ3) is 4.56. The second-order valence-corrected chi connectivity index (χ2v) is 6.01. The Labute approximate surface area is 151 Å². The van der Waals surface area contributed by atoms with Crippen molar-refractivity contribution < 1.29 is 4.79 Å². The average molecular weight is 351 g/mol. The van der Waals surface area contributed by atoms with Crippen molar-refractivity contribution in [3.63, 3.8) is 0 Å². The Bertz CT molecular complexity index is 873. The number of carbonyl (C=O) groups is 1. The zero-order valence-corrected chi connectivity index (χ0v) is 15.0. The van der Waals surface area contributed by atoms with Crippen molar-refractivity contribution in [2.75, 3.05) is 29.6 Å². The van der Waals surface area contributed by atoms with E-state index in [-0.39, 0.29) is 12.5 Å². The summed E-state index contributed by atoms with van der Waals surface area (Å²) in [7, 11) is 3.87. The summed E-state index contributed by atoms with van der Waals surface area (Å²) >= 11 is 0. The van der Waals surface area contributed by atoms with E-state index in [1.54, 1.807) is 23.1 Å². The van der Waals surface area contributed by atoms with Crippen LogP contribution in [0, 0.1) is 6.92 Å². The number of rotatable bonds is 6. The van der Waals surface area contributed by atoms with E-state index in [1.807, 2.05) is 56.3 Å². The largest absolute Gasteiger partial charge is 0.363 e. The molecule has 0 unspecified atom stereocenters. The second kappa shape index (κ2) is 7.64. The van der Waals surface area contributed by atoms with E-state index < -0.39 is 0 Å². The Morgan fingerprint density at radius 2 is 1.88 bits per heavy atom. The Balaban J connectivity index is 1.63. The lowest BCUT2D eigenvalue weighted by Gasteiger charge is -2.14. The first kappa shape index (κ1) is 17.4. The molecule has 2 aromatic heterocycles. The van der Waals surface area contributed by atoms with Crippen LogP contribution in [0.15, 0.2) is 48.8 Å². The molecule has 0 spiro atoms. The second-order valence-electron chi connectivity index (χ2n) is 6.01. The van der Waals surface area contributed by atoms with Crippen molar-refractivity contribution in [1.82, 2.24) is 19.7 Å². The van der Waals surface area contributed by atoms with Crippen molar-refractivity contribution in [3.8, 4) is 0 Å². The van der Waals surface area contributed by atoms with Crippen LogP contribution in [0.25, 0.3) is 0 Å². The van der Waals surface area contributed by atoms with Crippen LogP contribution in [-0.4, -0.2) is 39.8 Å². The van der Waals surface area contributed by atoms with E-state index in [2.05, 4.69) is 25.7 Å². The molecule has 0 aliphatic carbocycles. The Morgan fingerprint density at radius 3 is 2.54 bits per heavy atom. The number of hydrogen-bond donors (Lipinski definition) is 2. The van der Waals surface area contributed by atoms with Gasteiger partial charge in [0.1, 0.15) is 24.0 Å². The third-order valence-corrected chi connectivity index (χ3v) is 3.59. The monoisotopic (exact) mass is 351 g/mol. The minimum absolute atomic E-state index is 0.128. The van der Waals surface area contributed by atoms with E-state index >= 15 is 0 Å². The molecule has 0 atom stereocenters. The van der Waals surface area contributed by atoms with Gasteiger partial charge in [0.15, 0.2) is 0 Å². The SMILES string of the molecule is Cc1nc(Nc2ccc(NC(=O)Cn3cccn3)cc2)cc(N(C)C)n1. The molecule has 3 rings (SSSR count). The summed E-state index contributed by atoms with van der Waals surface area (Å²) in [6, 6.07) is 11.1. The molecule has 0 saturated carbocycles. The van der Waals surface area contributed by atoms with E-state index in [0.717, 1.165) is 23.0 Å². The van der Waals surface area contributed by atoms with Gasteiger partial charge in [0.05, 0.1) is 0 Å². The van der Waals surface area contributed by atoms with Crippen molar-refractivity contribution in [2.45, 2.75) is 13.5 Å². The van der Waals surface area contributed by atoms with Crippen LogP contribution in [-0.2, 0) is 11.3 Å². The van der Waals surface area contributed by atoms with Crippen molar-refractivity contribution in [3.05, 3.63) is 54.6 Å². The Morgan fingerprint density at radius 1 is 1.15 bits per heavy atom. The van der Waals surface area contributed by atoms with Crippen LogP contribution in [0.2, 0.25) is 0 Å². The van der Waals surface area contributed by atoms with E-state index in [0.29, 0.717) is 5.82 Å². The minimum Gasteiger partial charge on any atom is -0.363 e. The number of aryl methyl sites for hydroxylation is 1. The number of nitrogens with zero attached hydrogens (tertiary/aromatic N) is 5. The molecule has 2 heterocycles. The summed E-state index contributed by atoms with van der Waals surface area (Å²) in [6.07, 6.45) is 3.39. The van der Waals surface area contributed by atoms with Gasteiger partial charge in [-0.1, -0.05) is 0 Å². The number of aromatic nitrogens is 4. The normalized spacial score (nSPS) is 10.4. The number of nitrogens with one attached hydrogen (secondary N) is 2. The lowest BCUT2D eigenvalue weighted by Crippen LogP contribution is -2.18. The maximum absolute atomic E-state index is 12.0. The average Bonchev–Trinajstić information content (AvgIpc) is 3.09. The van der Waals surface area contributed by atoms with E-state index in [4.69, 9.17) is 0 Å². The zero-order chi connectivity index (χ0) is 18.5. The molecule has 134 valence electrons. The van der Waals surface area contributed by atoms with Crippen molar-refractivity contribution in [2.24, 2.45) is 0 Å². The molecular formula is C18H21N7O. The predicted molar refractivity (Wildman–Crippen MR) is 102 cm³/mol. The lowest BCUT2D eigenvalue weighted by atomic mass is 10.2. The molecule has 2 N–H and O–H groups in total.